The number of aryl methyl sites for hydroxylation is 1. The second-order valence-electron chi connectivity index (χ2n) is 5.40. The van der Waals surface area contributed by atoms with Crippen molar-refractivity contribution in [3.63, 3.8) is 0 Å². The first-order chi connectivity index (χ1) is 12.0. The largest absolute Gasteiger partial charge is 0.395 e. The van der Waals surface area contributed by atoms with Gasteiger partial charge in [0.2, 0.25) is 0 Å². The Morgan fingerprint density at radius 2 is 1.84 bits per heavy atom. The van der Waals surface area contributed by atoms with Crippen LogP contribution in [0.5, 0.6) is 6.01 Å². The van der Waals surface area contributed by atoms with Crippen LogP contribution >= 0.6 is 0 Å². The molecule has 0 spiro atoms. The van der Waals surface area contributed by atoms with Crippen molar-refractivity contribution in [2.75, 3.05) is 6.61 Å². The van der Waals surface area contributed by atoms with Gasteiger partial charge in [0.15, 0.2) is 11.2 Å². The molecule has 0 aliphatic rings. The minimum absolute atomic E-state index is 0.0126. The van der Waals surface area contributed by atoms with Crippen LogP contribution in [0.1, 0.15) is 10.4 Å². The van der Waals surface area contributed by atoms with Crippen LogP contribution in [0.3, 0.4) is 0 Å². The highest BCUT2D eigenvalue weighted by atomic mass is 16.6. The SMILES string of the molecule is Cn1c(=O)c2c(nc(OC(=O)c3ccccc3)n2CCO)n(C)c1=O. The zero-order valence-electron chi connectivity index (χ0n) is 13.7. The molecule has 2 heterocycles. The van der Waals surface area contributed by atoms with Gasteiger partial charge in [-0.25, -0.2) is 9.59 Å². The van der Waals surface area contributed by atoms with E-state index in [9.17, 15) is 19.5 Å². The van der Waals surface area contributed by atoms with E-state index in [1.807, 2.05) is 0 Å². The van der Waals surface area contributed by atoms with Crippen LogP contribution in [0.2, 0.25) is 0 Å². The summed E-state index contributed by atoms with van der Waals surface area (Å²) in [5, 5.41) is 9.29. The second-order valence-corrected chi connectivity index (χ2v) is 5.40. The summed E-state index contributed by atoms with van der Waals surface area (Å²) in [6.07, 6.45) is 0. The van der Waals surface area contributed by atoms with Gasteiger partial charge in [0.05, 0.1) is 18.7 Å². The number of carbonyl (C=O) groups is 1. The molecular weight excluding hydrogens is 328 g/mol. The third-order valence-electron chi connectivity index (χ3n) is 3.83. The molecule has 0 aliphatic carbocycles. The molecule has 0 atom stereocenters. The third kappa shape index (κ3) is 2.74. The van der Waals surface area contributed by atoms with E-state index in [2.05, 4.69) is 4.98 Å². The van der Waals surface area contributed by atoms with Crippen molar-refractivity contribution in [2.24, 2.45) is 14.1 Å². The van der Waals surface area contributed by atoms with Gasteiger partial charge in [-0.15, -0.1) is 0 Å². The number of rotatable bonds is 4. The predicted octanol–water partition coefficient (Wildman–Crippen LogP) is -0.355. The molecule has 0 unspecified atom stereocenters. The Bertz CT molecular complexity index is 1060. The third-order valence-corrected chi connectivity index (χ3v) is 3.83. The fraction of sp³-hybridized carbons (Fsp3) is 0.250. The lowest BCUT2D eigenvalue weighted by molar-refractivity contribution is 0.0711. The quantitative estimate of drug-likeness (QED) is 0.648. The molecule has 0 amide bonds. The maximum absolute atomic E-state index is 12.4. The molecule has 0 saturated heterocycles. The molecular formula is C16H16N4O5. The van der Waals surface area contributed by atoms with Crippen LogP contribution in [-0.4, -0.2) is 36.4 Å². The molecule has 25 heavy (non-hydrogen) atoms. The van der Waals surface area contributed by atoms with Gasteiger partial charge in [0.25, 0.3) is 5.56 Å². The normalized spacial score (nSPS) is 11.0. The topological polar surface area (TPSA) is 108 Å². The van der Waals surface area contributed by atoms with Crippen molar-refractivity contribution in [1.29, 1.82) is 0 Å². The predicted molar refractivity (Wildman–Crippen MR) is 88.7 cm³/mol. The van der Waals surface area contributed by atoms with E-state index in [0.29, 0.717) is 5.56 Å². The highest BCUT2D eigenvalue weighted by Crippen LogP contribution is 2.18. The maximum Gasteiger partial charge on any atom is 0.345 e. The smallest absolute Gasteiger partial charge is 0.345 e. The molecule has 0 saturated carbocycles. The van der Waals surface area contributed by atoms with Crippen molar-refractivity contribution in [1.82, 2.24) is 18.7 Å². The summed E-state index contributed by atoms with van der Waals surface area (Å²) in [5.74, 6) is -0.656. The van der Waals surface area contributed by atoms with E-state index in [4.69, 9.17) is 4.74 Å². The molecule has 0 radical (unpaired) electrons. The molecule has 9 heteroatoms. The second kappa shape index (κ2) is 6.36. The first kappa shape index (κ1) is 16.7. The number of aromatic nitrogens is 4. The molecule has 1 N–H and O–H groups in total. The Labute approximate surface area is 141 Å². The average molecular weight is 344 g/mol. The number of aliphatic hydroxyl groups is 1. The first-order valence-electron chi connectivity index (χ1n) is 7.50. The van der Waals surface area contributed by atoms with Crippen molar-refractivity contribution in [3.8, 4) is 6.01 Å². The lowest BCUT2D eigenvalue weighted by Gasteiger charge is -2.07. The van der Waals surface area contributed by atoms with E-state index in [1.165, 1.54) is 23.2 Å². The number of ether oxygens (including phenoxy) is 1. The number of carbonyl (C=O) groups excluding carboxylic acids is 1. The number of nitrogens with zero attached hydrogens (tertiary/aromatic N) is 4. The van der Waals surface area contributed by atoms with Crippen LogP contribution < -0.4 is 16.0 Å². The summed E-state index contributed by atoms with van der Waals surface area (Å²) in [6, 6.07) is 8.14. The zero-order valence-corrected chi connectivity index (χ0v) is 13.7. The van der Waals surface area contributed by atoms with Crippen molar-refractivity contribution >= 4 is 17.1 Å². The van der Waals surface area contributed by atoms with Crippen molar-refractivity contribution in [2.45, 2.75) is 6.54 Å². The molecule has 3 rings (SSSR count). The number of hydrogen-bond acceptors (Lipinski definition) is 6. The molecule has 130 valence electrons. The fourth-order valence-corrected chi connectivity index (χ4v) is 2.53. The lowest BCUT2D eigenvalue weighted by atomic mass is 10.2. The van der Waals surface area contributed by atoms with E-state index < -0.39 is 17.2 Å². The highest BCUT2D eigenvalue weighted by Gasteiger charge is 2.22. The van der Waals surface area contributed by atoms with Crippen LogP contribution in [-0.2, 0) is 20.6 Å². The molecule has 2 aromatic heterocycles. The van der Waals surface area contributed by atoms with E-state index >= 15 is 0 Å². The molecule has 0 fully saturated rings. The minimum Gasteiger partial charge on any atom is -0.395 e. The number of hydrogen-bond donors (Lipinski definition) is 1. The summed E-state index contributed by atoms with van der Waals surface area (Å²) in [6.45, 7) is -0.311. The van der Waals surface area contributed by atoms with Gasteiger partial charge in [-0.05, 0) is 12.1 Å². The summed E-state index contributed by atoms with van der Waals surface area (Å²) >= 11 is 0. The maximum atomic E-state index is 12.4. The molecule has 0 aliphatic heterocycles. The van der Waals surface area contributed by atoms with Gasteiger partial charge in [-0.3, -0.25) is 18.5 Å². The van der Waals surface area contributed by atoms with Gasteiger partial charge in [-0.1, -0.05) is 18.2 Å². The number of imidazole rings is 1. The van der Waals surface area contributed by atoms with Crippen LogP contribution in [0.15, 0.2) is 39.9 Å². The Morgan fingerprint density at radius 1 is 1.16 bits per heavy atom. The van der Waals surface area contributed by atoms with Crippen molar-refractivity contribution < 1.29 is 14.6 Å². The molecule has 3 aromatic rings. The average Bonchev–Trinajstić information content (AvgIpc) is 2.97. The summed E-state index contributed by atoms with van der Waals surface area (Å²) in [4.78, 5) is 40.9. The molecule has 1 aromatic carbocycles. The highest BCUT2D eigenvalue weighted by molar-refractivity contribution is 5.91. The number of aliphatic hydroxyl groups excluding tert-OH is 1. The monoisotopic (exact) mass is 344 g/mol. The van der Waals surface area contributed by atoms with E-state index in [1.54, 1.807) is 30.3 Å². The first-order valence-corrected chi connectivity index (χ1v) is 7.50. The van der Waals surface area contributed by atoms with Crippen molar-refractivity contribution in [3.05, 3.63) is 56.7 Å². The minimum atomic E-state index is -0.656. The molecule has 9 nitrogen and oxygen atoms in total. The fourth-order valence-electron chi connectivity index (χ4n) is 2.53. The summed E-state index contributed by atoms with van der Waals surface area (Å²) < 4.78 is 8.70. The van der Waals surface area contributed by atoms with Gasteiger partial charge >= 0.3 is 17.7 Å². The molecule has 0 bridgehead atoms. The standard InChI is InChI=1S/C16H16N4O5/c1-18-12-11(13(22)19(2)16(18)24)20(8-9-21)15(17-12)25-14(23)10-6-4-3-5-7-10/h3-7,21H,8-9H2,1-2H3. The Kier molecular flexibility index (Phi) is 4.24. The van der Waals surface area contributed by atoms with Gasteiger partial charge in [-0.2, -0.15) is 4.98 Å². The van der Waals surface area contributed by atoms with Gasteiger partial charge in [0, 0.05) is 14.1 Å². The van der Waals surface area contributed by atoms with E-state index in [0.717, 1.165) is 4.57 Å². The number of fused-ring (bicyclic) bond motifs is 1. The van der Waals surface area contributed by atoms with E-state index in [-0.39, 0.29) is 30.3 Å². The van der Waals surface area contributed by atoms with Gasteiger partial charge < -0.3 is 9.84 Å². The van der Waals surface area contributed by atoms with Crippen LogP contribution in [0.25, 0.3) is 11.2 Å². The van der Waals surface area contributed by atoms with Crippen LogP contribution in [0, 0.1) is 0 Å². The Hall–Kier alpha value is -3.20. The lowest BCUT2D eigenvalue weighted by Crippen LogP contribution is -2.37. The Morgan fingerprint density at radius 3 is 2.48 bits per heavy atom. The van der Waals surface area contributed by atoms with Gasteiger partial charge in [0.1, 0.15) is 0 Å². The number of benzene rings is 1. The van der Waals surface area contributed by atoms with Crippen LogP contribution in [0.4, 0.5) is 0 Å². The number of esters is 1. The summed E-state index contributed by atoms with van der Waals surface area (Å²) in [7, 11) is 2.80. The Balaban J connectivity index is 2.18. The summed E-state index contributed by atoms with van der Waals surface area (Å²) in [5.41, 5.74) is -0.660. The zero-order chi connectivity index (χ0) is 18.1.